The summed E-state index contributed by atoms with van der Waals surface area (Å²) < 4.78 is 6.86. The van der Waals surface area contributed by atoms with Crippen LogP contribution in [0, 0.1) is 0 Å². The molecule has 0 aliphatic rings. The number of aromatic nitrogens is 2. The van der Waals surface area contributed by atoms with Crippen LogP contribution in [0.15, 0.2) is 42.6 Å². The number of carbonyl (C=O) groups is 1. The molecule has 0 aliphatic heterocycles. The van der Waals surface area contributed by atoms with Crippen molar-refractivity contribution in [3.05, 3.63) is 53.9 Å². The monoisotopic (exact) mass is 256 g/mol. The number of nitrogens with zero attached hydrogens (tertiary/aromatic N) is 2. The highest BCUT2D eigenvalue weighted by molar-refractivity contribution is 6.05. The van der Waals surface area contributed by atoms with Gasteiger partial charge in [0.15, 0.2) is 0 Å². The van der Waals surface area contributed by atoms with Crippen LogP contribution < -0.4 is 4.74 Å². The van der Waals surface area contributed by atoms with Gasteiger partial charge >= 0.3 is 0 Å². The Labute approximate surface area is 112 Å². The summed E-state index contributed by atoms with van der Waals surface area (Å²) in [6.45, 7) is 2.74. The summed E-state index contributed by atoms with van der Waals surface area (Å²) in [5, 5.41) is 4.17. The average Bonchev–Trinajstić information content (AvgIpc) is 2.94. The molecule has 0 saturated carbocycles. The van der Waals surface area contributed by atoms with Gasteiger partial charge in [0.05, 0.1) is 7.11 Å². The lowest BCUT2D eigenvalue weighted by Gasteiger charge is -1.99. The molecule has 4 nitrogen and oxygen atoms in total. The molecule has 0 amide bonds. The Balaban J connectivity index is 2.11. The van der Waals surface area contributed by atoms with E-state index in [-0.39, 0.29) is 5.78 Å². The molecule has 0 saturated heterocycles. The Morgan fingerprint density at radius 2 is 2.26 bits per heavy atom. The molecule has 0 N–H and O–H groups in total. The van der Waals surface area contributed by atoms with Crippen molar-refractivity contribution in [2.24, 2.45) is 0 Å². The van der Waals surface area contributed by atoms with Crippen LogP contribution in [0.25, 0.3) is 6.08 Å². The number of rotatable bonds is 5. The smallest absolute Gasteiger partial charge is 0.206 e. The second kappa shape index (κ2) is 6.00. The molecule has 0 bridgehead atoms. The number of benzene rings is 1. The number of carbonyl (C=O) groups excluding carboxylic acids is 1. The maximum atomic E-state index is 11.9. The van der Waals surface area contributed by atoms with Crippen LogP contribution in [0.2, 0.25) is 0 Å². The number of hydrogen-bond donors (Lipinski definition) is 0. The number of hydrogen-bond acceptors (Lipinski definition) is 3. The molecule has 1 heterocycles. The summed E-state index contributed by atoms with van der Waals surface area (Å²) >= 11 is 0. The van der Waals surface area contributed by atoms with Crippen molar-refractivity contribution >= 4 is 11.9 Å². The van der Waals surface area contributed by atoms with Crippen molar-refractivity contribution in [3.8, 4) is 5.75 Å². The van der Waals surface area contributed by atoms with Gasteiger partial charge in [0.1, 0.15) is 11.4 Å². The Morgan fingerprint density at radius 1 is 1.42 bits per heavy atom. The minimum absolute atomic E-state index is 0.102. The Morgan fingerprint density at radius 3 is 2.95 bits per heavy atom. The summed E-state index contributed by atoms with van der Waals surface area (Å²) in [5.41, 5.74) is 1.38. The second-order valence-corrected chi connectivity index (χ2v) is 4.03. The number of ketones is 1. The number of methoxy groups -OCH3 is 1. The normalized spacial score (nSPS) is 10.8. The van der Waals surface area contributed by atoms with Crippen LogP contribution in [0.4, 0.5) is 0 Å². The van der Waals surface area contributed by atoms with Crippen molar-refractivity contribution in [1.82, 2.24) is 9.78 Å². The van der Waals surface area contributed by atoms with Gasteiger partial charge in [0.2, 0.25) is 5.78 Å². The van der Waals surface area contributed by atoms with Crippen LogP contribution in [0.5, 0.6) is 5.75 Å². The van der Waals surface area contributed by atoms with Crippen LogP contribution in [0.3, 0.4) is 0 Å². The van der Waals surface area contributed by atoms with Crippen molar-refractivity contribution < 1.29 is 9.53 Å². The van der Waals surface area contributed by atoms with E-state index in [0.29, 0.717) is 5.69 Å². The summed E-state index contributed by atoms with van der Waals surface area (Å²) in [7, 11) is 1.62. The standard InChI is InChI=1S/C15H16N2O2/c1-3-17-10-9-14(16-17)15(18)8-7-12-5-4-6-13(11-12)19-2/h4-11H,3H2,1-2H3/b8-7+. The molecule has 2 aromatic rings. The first-order valence-corrected chi connectivity index (χ1v) is 6.13. The molecule has 0 atom stereocenters. The zero-order valence-electron chi connectivity index (χ0n) is 11.0. The second-order valence-electron chi connectivity index (χ2n) is 4.03. The zero-order valence-corrected chi connectivity index (χ0v) is 11.0. The highest BCUT2D eigenvalue weighted by atomic mass is 16.5. The fourth-order valence-electron chi connectivity index (χ4n) is 1.67. The van der Waals surface area contributed by atoms with Gasteiger partial charge in [0, 0.05) is 12.7 Å². The molecule has 0 radical (unpaired) electrons. The molecule has 98 valence electrons. The molecule has 0 unspecified atom stereocenters. The van der Waals surface area contributed by atoms with Gasteiger partial charge in [0.25, 0.3) is 0 Å². The number of allylic oxidation sites excluding steroid dienone is 1. The minimum atomic E-state index is -0.102. The van der Waals surface area contributed by atoms with Crippen LogP contribution in [-0.4, -0.2) is 22.7 Å². The van der Waals surface area contributed by atoms with Crippen LogP contribution in [0.1, 0.15) is 23.0 Å². The maximum Gasteiger partial charge on any atom is 0.206 e. The van der Waals surface area contributed by atoms with E-state index in [1.165, 1.54) is 6.08 Å². The molecule has 0 fully saturated rings. The molecule has 2 rings (SSSR count). The lowest BCUT2D eigenvalue weighted by Crippen LogP contribution is -1.99. The summed E-state index contributed by atoms with van der Waals surface area (Å²) in [6, 6.07) is 9.25. The Bertz CT molecular complexity index is 600. The predicted octanol–water partition coefficient (Wildman–Crippen LogP) is 2.81. The Hall–Kier alpha value is -2.36. The van der Waals surface area contributed by atoms with Crippen LogP contribution >= 0.6 is 0 Å². The zero-order chi connectivity index (χ0) is 13.7. The van der Waals surface area contributed by atoms with Gasteiger partial charge in [-0.25, -0.2) is 0 Å². The van der Waals surface area contributed by atoms with E-state index in [4.69, 9.17) is 4.74 Å². The van der Waals surface area contributed by atoms with E-state index in [1.54, 1.807) is 30.1 Å². The van der Waals surface area contributed by atoms with Gasteiger partial charge < -0.3 is 4.74 Å². The highest BCUT2D eigenvalue weighted by Gasteiger charge is 2.05. The quantitative estimate of drug-likeness (QED) is 0.610. The molecular weight excluding hydrogens is 240 g/mol. The first-order chi connectivity index (χ1) is 9.22. The van der Waals surface area contributed by atoms with E-state index in [2.05, 4.69) is 5.10 Å². The maximum absolute atomic E-state index is 11.9. The van der Waals surface area contributed by atoms with Gasteiger partial charge in [-0.1, -0.05) is 18.2 Å². The summed E-state index contributed by atoms with van der Waals surface area (Å²) in [6.07, 6.45) is 5.08. The first-order valence-electron chi connectivity index (χ1n) is 6.13. The van der Waals surface area contributed by atoms with E-state index in [1.807, 2.05) is 31.2 Å². The van der Waals surface area contributed by atoms with Crippen molar-refractivity contribution in [2.45, 2.75) is 13.5 Å². The van der Waals surface area contributed by atoms with Gasteiger partial charge in [-0.3, -0.25) is 9.48 Å². The fraction of sp³-hybridized carbons (Fsp3) is 0.200. The lowest BCUT2D eigenvalue weighted by atomic mass is 10.1. The molecule has 4 heteroatoms. The third-order valence-electron chi connectivity index (χ3n) is 2.74. The van der Waals surface area contributed by atoms with E-state index >= 15 is 0 Å². The Kier molecular flexibility index (Phi) is 4.13. The van der Waals surface area contributed by atoms with Crippen LogP contribution in [-0.2, 0) is 6.54 Å². The molecule has 0 spiro atoms. The average molecular weight is 256 g/mol. The van der Waals surface area contributed by atoms with Gasteiger partial charge in [-0.2, -0.15) is 5.10 Å². The third kappa shape index (κ3) is 3.31. The number of ether oxygens (including phenoxy) is 1. The largest absolute Gasteiger partial charge is 0.497 e. The topological polar surface area (TPSA) is 44.1 Å². The van der Waals surface area contributed by atoms with Gasteiger partial charge in [-0.15, -0.1) is 0 Å². The lowest BCUT2D eigenvalue weighted by molar-refractivity contribution is 0.104. The van der Waals surface area contributed by atoms with E-state index in [0.717, 1.165) is 17.9 Å². The van der Waals surface area contributed by atoms with Crippen molar-refractivity contribution in [1.29, 1.82) is 0 Å². The minimum Gasteiger partial charge on any atom is -0.497 e. The molecule has 1 aromatic heterocycles. The summed E-state index contributed by atoms with van der Waals surface area (Å²) in [5.74, 6) is 0.667. The predicted molar refractivity (Wildman–Crippen MR) is 74.3 cm³/mol. The fourth-order valence-corrected chi connectivity index (χ4v) is 1.67. The molecule has 1 aromatic carbocycles. The van der Waals surface area contributed by atoms with E-state index < -0.39 is 0 Å². The SMILES string of the molecule is CCn1ccc(C(=O)/C=C/c2cccc(OC)c2)n1. The van der Waals surface area contributed by atoms with Crippen molar-refractivity contribution in [2.75, 3.05) is 7.11 Å². The van der Waals surface area contributed by atoms with Crippen molar-refractivity contribution in [3.63, 3.8) is 0 Å². The first kappa shape index (κ1) is 13.1. The third-order valence-corrected chi connectivity index (χ3v) is 2.74. The number of aryl methyl sites for hydroxylation is 1. The molecule has 19 heavy (non-hydrogen) atoms. The molecule has 0 aliphatic carbocycles. The highest BCUT2D eigenvalue weighted by Crippen LogP contribution is 2.14. The van der Waals surface area contributed by atoms with Gasteiger partial charge in [-0.05, 0) is 36.8 Å². The van der Waals surface area contributed by atoms with E-state index in [9.17, 15) is 4.79 Å². The summed E-state index contributed by atoms with van der Waals surface area (Å²) in [4.78, 5) is 11.9. The molecular formula is C15H16N2O2.